The second-order valence-electron chi connectivity index (χ2n) is 3.57. The summed E-state index contributed by atoms with van der Waals surface area (Å²) in [7, 11) is 0. The van der Waals surface area contributed by atoms with Crippen LogP contribution in [0.5, 0.6) is 0 Å². The summed E-state index contributed by atoms with van der Waals surface area (Å²) >= 11 is 0.191. The number of aromatic nitrogens is 2. The average molecular weight is 229 g/mol. The van der Waals surface area contributed by atoms with Crippen molar-refractivity contribution in [3.63, 3.8) is 0 Å². The van der Waals surface area contributed by atoms with Gasteiger partial charge in [-0.05, 0) is 0 Å². The van der Waals surface area contributed by atoms with Gasteiger partial charge in [0, 0.05) is 0 Å². The number of nitrogens with zero attached hydrogens (tertiary/aromatic N) is 2. The molecule has 0 saturated heterocycles. The normalized spacial score (nSPS) is 19.8. The third-order valence-electron chi connectivity index (χ3n) is 2.68. The van der Waals surface area contributed by atoms with Crippen molar-refractivity contribution >= 4 is 15.0 Å². The first-order chi connectivity index (χ1) is 5.88. The van der Waals surface area contributed by atoms with Crippen LogP contribution in [0.25, 0.3) is 0 Å². The van der Waals surface area contributed by atoms with Gasteiger partial charge < -0.3 is 0 Å². The van der Waals surface area contributed by atoms with Gasteiger partial charge in [0.2, 0.25) is 0 Å². The van der Waals surface area contributed by atoms with E-state index in [1.807, 2.05) is 0 Å². The molecule has 2 nitrogen and oxygen atoms in total. The first-order valence-electron chi connectivity index (χ1n) is 4.67. The molecule has 0 radical (unpaired) electrons. The predicted octanol–water partition coefficient (Wildman–Crippen LogP) is 1.89. The summed E-state index contributed by atoms with van der Waals surface area (Å²) in [4.78, 5) is 0. The van der Waals surface area contributed by atoms with Gasteiger partial charge in [0.05, 0.1) is 0 Å². The standard InChI is InChI=1S/C9H14N2Se/c1-7-9(11-12-10-7)8-5-3-2-4-6-8/h8H,2-6H2,1H3. The second kappa shape index (κ2) is 3.71. The molecule has 0 unspecified atom stereocenters. The summed E-state index contributed by atoms with van der Waals surface area (Å²) in [5.41, 5.74) is 2.57. The first kappa shape index (κ1) is 8.46. The fraction of sp³-hybridized carbons (Fsp3) is 0.778. The van der Waals surface area contributed by atoms with E-state index in [2.05, 4.69) is 14.9 Å². The van der Waals surface area contributed by atoms with Gasteiger partial charge in [-0.15, -0.1) is 0 Å². The molecule has 0 N–H and O–H groups in total. The molecule has 1 aromatic rings. The molecule has 1 aliphatic rings. The molecular weight excluding hydrogens is 215 g/mol. The van der Waals surface area contributed by atoms with Gasteiger partial charge in [0.1, 0.15) is 0 Å². The molecule has 1 fully saturated rings. The number of hydrogen-bond donors (Lipinski definition) is 0. The van der Waals surface area contributed by atoms with E-state index in [1.54, 1.807) is 0 Å². The van der Waals surface area contributed by atoms with E-state index in [4.69, 9.17) is 0 Å². The molecular formula is C9H14N2Se. The van der Waals surface area contributed by atoms with Crippen molar-refractivity contribution in [2.24, 2.45) is 0 Å². The molecule has 0 aromatic carbocycles. The summed E-state index contributed by atoms with van der Waals surface area (Å²) in [6.45, 7) is 2.11. The van der Waals surface area contributed by atoms with Crippen LogP contribution in [-0.2, 0) is 0 Å². The zero-order valence-electron chi connectivity index (χ0n) is 7.42. The van der Waals surface area contributed by atoms with E-state index in [9.17, 15) is 0 Å². The summed E-state index contributed by atoms with van der Waals surface area (Å²) < 4.78 is 8.88. The summed E-state index contributed by atoms with van der Waals surface area (Å²) in [5, 5.41) is 0. The van der Waals surface area contributed by atoms with E-state index < -0.39 is 0 Å². The third-order valence-corrected chi connectivity index (χ3v) is 4.01. The fourth-order valence-corrected chi connectivity index (χ4v) is 3.30. The molecule has 1 heterocycles. The van der Waals surface area contributed by atoms with Crippen molar-refractivity contribution in [2.45, 2.75) is 44.9 Å². The van der Waals surface area contributed by atoms with Gasteiger partial charge in [-0.3, -0.25) is 0 Å². The Balaban J connectivity index is 2.13. The minimum absolute atomic E-state index is 0.191. The maximum absolute atomic E-state index is 4.52. The van der Waals surface area contributed by atoms with Crippen LogP contribution in [0.15, 0.2) is 0 Å². The average Bonchev–Trinajstić information content (AvgIpc) is 2.53. The zero-order valence-corrected chi connectivity index (χ0v) is 9.13. The van der Waals surface area contributed by atoms with Crippen molar-refractivity contribution in [1.29, 1.82) is 0 Å². The van der Waals surface area contributed by atoms with Crippen molar-refractivity contribution in [3.05, 3.63) is 11.4 Å². The van der Waals surface area contributed by atoms with E-state index in [1.165, 1.54) is 43.5 Å². The van der Waals surface area contributed by atoms with E-state index in [0.717, 1.165) is 5.92 Å². The summed E-state index contributed by atoms with van der Waals surface area (Å²) in [5.74, 6) is 0.756. The molecule has 1 aliphatic carbocycles. The molecule has 0 aliphatic heterocycles. The van der Waals surface area contributed by atoms with Crippen molar-refractivity contribution in [3.8, 4) is 0 Å². The Morgan fingerprint density at radius 2 is 1.92 bits per heavy atom. The summed E-state index contributed by atoms with van der Waals surface area (Å²) in [6, 6.07) is 0. The quantitative estimate of drug-likeness (QED) is 0.687. The fourth-order valence-electron chi connectivity index (χ4n) is 1.98. The molecule has 1 aromatic heterocycles. The van der Waals surface area contributed by atoms with Crippen LogP contribution in [0.1, 0.15) is 49.4 Å². The maximum atomic E-state index is 4.52. The number of aryl methyl sites for hydroxylation is 1. The summed E-state index contributed by atoms with van der Waals surface area (Å²) in [6.07, 6.45) is 6.91. The second-order valence-corrected chi connectivity index (χ2v) is 4.68. The van der Waals surface area contributed by atoms with Crippen LogP contribution in [0.2, 0.25) is 0 Å². The molecule has 0 bridgehead atoms. The van der Waals surface area contributed by atoms with E-state index in [-0.39, 0.29) is 15.0 Å². The van der Waals surface area contributed by atoms with Crippen LogP contribution in [0, 0.1) is 6.92 Å². The molecule has 1 saturated carbocycles. The van der Waals surface area contributed by atoms with Crippen LogP contribution in [0.3, 0.4) is 0 Å². The molecule has 0 amide bonds. The molecule has 12 heavy (non-hydrogen) atoms. The molecule has 3 heteroatoms. The van der Waals surface area contributed by atoms with Crippen LogP contribution in [-0.4, -0.2) is 22.9 Å². The monoisotopic (exact) mass is 230 g/mol. The van der Waals surface area contributed by atoms with Crippen LogP contribution >= 0.6 is 0 Å². The number of rotatable bonds is 1. The van der Waals surface area contributed by atoms with Crippen molar-refractivity contribution < 1.29 is 0 Å². The van der Waals surface area contributed by atoms with Gasteiger partial charge in [-0.1, -0.05) is 0 Å². The Morgan fingerprint density at radius 3 is 2.50 bits per heavy atom. The van der Waals surface area contributed by atoms with Crippen LogP contribution in [0.4, 0.5) is 0 Å². The van der Waals surface area contributed by atoms with Gasteiger partial charge in [-0.2, -0.15) is 0 Å². The Labute approximate surface area is 79.6 Å². The first-order valence-corrected chi connectivity index (χ1v) is 6.20. The number of hydrogen-bond acceptors (Lipinski definition) is 2. The molecule has 66 valence electrons. The Hall–Kier alpha value is -0.141. The third kappa shape index (κ3) is 1.62. The van der Waals surface area contributed by atoms with Gasteiger partial charge in [0.15, 0.2) is 0 Å². The van der Waals surface area contributed by atoms with E-state index in [0.29, 0.717) is 0 Å². The van der Waals surface area contributed by atoms with Gasteiger partial charge >= 0.3 is 79.3 Å². The Bertz CT molecular complexity index is 251. The predicted molar refractivity (Wildman–Crippen MR) is 49.5 cm³/mol. The van der Waals surface area contributed by atoms with Gasteiger partial charge in [-0.25, -0.2) is 0 Å². The Kier molecular flexibility index (Phi) is 2.62. The molecule has 0 atom stereocenters. The van der Waals surface area contributed by atoms with Gasteiger partial charge in [0.25, 0.3) is 0 Å². The van der Waals surface area contributed by atoms with E-state index >= 15 is 0 Å². The minimum atomic E-state index is 0.191. The van der Waals surface area contributed by atoms with Crippen molar-refractivity contribution in [2.75, 3.05) is 0 Å². The SMILES string of the molecule is Cc1n[se]nc1C1CCCCC1. The van der Waals surface area contributed by atoms with Crippen molar-refractivity contribution in [1.82, 2.24) is 7.96 Å². The van der Waals surface area contributed by atoms with Crippen LogP contribution < -0.4 is 0 Å². The Morgan fingerprint density at radius 1 is 1.17 bits per heavy atom. The zero-order chi connectivity index (χ0) is 8.39. The molecule has 2 rings (SSSR count). The topological polar surface area (TPSA) is 25.8 Å². The molecule has 0 spiro atoms.